The number of carboxylic acids is 1. The highest BCUT2D eigenvalue weighted by atomic mass is 35.5. The van der Waals surface area contributed by atoms with Gasteiger partial charge in [0.05, 0.1) is 28.7 Å². The zero-order valence-electron chi connectivity index (χ0n) is 18.9. The predicted molar refractivity (Wildman–Crippen MR) is 126 cm³/mol. The number of carbonyl (C=O) groups excluding carboxylic acids is 2. The lowest BCUT2D eigenvalue weighted by atomic mass is 9.86. The summed E-state index contributed by atoms with van der Waals surface area (Å²) in [5.41, 5.74) is 1.33. The van der Waals surface area contributed by atoms with Gasteiger partial charge < -0.3 is 15.7 Å². The SMILES string of the molecule is CC(C)(C)[C@H](NC(=O)c1nn(Cc2ccc(C#N)cc2)c2c(Cl)cccc12)C(=O)NCC(=O)O. The van der Waals surface area contributed by atoms with E-state index in [1.807, 2.05) is 0 Å². The molecular weight excluding hydrogens is 458 g/mol. The van der Waals surface area contributed by atoms with Crippen molar-refractivity contribution in [3.8, 4) is 6.07 Å². The summed E-state index contributed by atoms with van der Waals surface area (Å²) in [4.78, 5) is 36.7. The number of hydrogen-bond donors (Lipinski definition) is 3. The smallest absolute Gasteiger partial charge is 0.322 e. The highest BCUT2D eigenvalue weighted by Gasteiger charge is 2.34. The van der Waals surface area contributed by atoms with Crippen LogP contribution >= 0.6 is 11.6 Å². The average molecular weight is 482 g/mol. The monoisotopic (exact) mass is 481 g/mol. The van der Waals surface area contributed by atoms with Crippen LogP contribution in [0.2, 0.25) is 5.02 Å². The van der Waals surface area contributed by atoms with Gasteiger partial charge in [-0.05, 0) is 29.2 Å². The van der Waals surface area contributed by atoms with Gasteiger partial charge in [-0.2, -0.15) is 10.4 Å². The van der Waals surface area contributed by atoms with Crippen molar-refractivity contribution >= 4 is 40.3 Å². The number of halogens is 1. The zero-order chi connectivity index (χ0) is 25.0. The van der Waals surface area contributed by atoms with Crippen LogP contribution in [0.3, 0.4) is 0 Å². The van der Waals surface area contributed by atoms with Crippen molar-refractivity contribution in [3.05, 3.63) is 64.3 Å². The summed E-state index contributed by atoms with van der Waals surface area (Å²) in [6.07, 6.45) is 0. The van der Waals surface area contributed by atoms with Crippen LogP contribution in [-0.2, 0) is 16.1 Å². The van der Waals surface area contributed by atoms with E-state index in [1.165, 1.54) is 0 Å². The van der Waals surface area contributed by atoms with Crippen molar-refractivity contribution in [2.45, 2.75) is 33.4 Å². The molecule has 0 aliphatic heterocycles. The molecule has 3 aromatic rings. The minimum atomic E-state index is -1.19. The first-order valence-electron chi connectivity index (χ1n) is 10.5. The molecule has 2 aromatic carbocycles. The minimum Gasteiger partial charge on any atom is -0.480 e. The van der Waals surface area contributed by atoms with Crippen LogP contribution < -0.4 is 10.6 Å². The lowest BCUT2D eigenvalue weighted by molar-refractivity contribution is -0.138. The number of nitrogens with one attached hydrogen (secondary N) is 2. The van der Waals surface area contributed by atoms with Crippen LogP contribution in [0.5, 0.6) is 0 Å². The first kappa shape index (κ1) is 24.7. The number of nitrogens with zero attached hydrogens (tertiary/aromatic N) is 3. The molecule has 0 bridgehead atoms. The van der Waals surface area contributed by atoms with Gasteiger partial charge in [0.1, 0.15) is 12.6 Å². The lowest BCUT2D eigenvalue weighted by Gasteiger charge is -2.30. The highest BCUT2D eigenvalue weighted by molar-refractivity contribution is 6.35. The predicted octanol–water partition coefficient (Wildman–Crippen LogP) is 2.95. The van der Waals surface area contributed by atoms with E-state index >= 15 is 0 Å². The van der Waals surface area contributed by atoms with Gasteiger partial charge in [-0.15, -0.1) is 0 Å². The number of carbonyl (C=O) groups is 3. The Labute approximate surface area is 201 Å². The summed E-state index contributed by atoms with van der Waals surface area (Å²) in [7, 11) is 0. The number of nitriles is 1. The zero-order valence-corrected chi connectivity index (χ0v) is 19.7. The Morgan fingerprint density at radius 2 is 1.85 bits per heavy atom. The minimum absolute atomic E-state index is 0.0893. The molecule has 0 aliphatic rings. The van der Waals surface area contributed by atoms with Crippen molar-refractivity contribution in [3.63, 3.8) is 0 Å². The van der Waals surface area contributed by atoms with E-state index in [9.17, 15) is 14.4 Å². The Bertz CT molecular complexity index is 1290. The van der Waals surface area contributed by atoms with Gasteiger partial charge in [0.25, 0.3) is 5.91 Å². The second-order valence-electron chi connectivity index (χ2n) is 8.84. The normalized spacial score (nSPS) is 12.1. The number of amides is 2. The summed E-state index contributed by atoms with van der Waals surface area (Å²) in [6.45, 7) is 5.03. The summed E-state index contributed by atoms with van der Waals surface area (Å²) >= 11 is 6.44. The topological polar surface area (TPSA) is 137 Å². The molecule has 2 amide bonds. The maximum atomic E-state index is 13.3. The van der Waals surface area contributed by atoms with Crippen LogP contribution in [0, 0.1) is 16.7 Å². The maximum absolute atomic E-state index is 13.3. The van der Waals surface area contributed by atoms with Crippen LogP contribution in [0.15, 0.2) is 42.5 Å². The van der Waals surface area contributed by atoms with Crippen LogP contribution in [0.25, 0.3) is 10.9 Å². The number of aromatic nitrogens is 2. The van der Waals surface area contributed by atoms with Gasteiger partial charge in [-0.25, -0.2) is 0 Å². The van der Waals surface area contributed by atoms with Crippen molar-refractivity contribution in [1.82, 2.24) is 20.4 Å². The number of rotatable bonds is 7. The third kappa shape index (κ3) is 5.53. The van der Waals surface area contributed by atoms with Crippen LogP contribution in [0.1, 0.15) is 42.4 Å². The number of benzene rings is 2. The first-order valence-corrected chi connectivity index (χ1v) is 10.8. The van der Waals surface area contributed by atoms with Crippen LogP contribution in [-0.4, -0.2) is 45.3 Å². The molecule has 0 saturated carbocycles. The second-order valence-corrected chi connectivity index (χ2v) is 9.24. The molecule has 34 heavy (non-hydrogen) atoms. The molecule has 9 nitrogen and oxygen atoms in total. The van der Waals surface area contributed by atoms with E-state index in [0.717, 1.165) is 5.56 Å². The molecule has 0 unspecified atom stereocenters. The maximum Gasteiger partial charge on any atom is 0.322 e. The molecule has 0 saturated heterocycles. The number of hydrogen-bond acceptors (Lipinski definition) is 5. The van der Waals surface area contributed by atoms with E-state index in [1.54, 1.807) is 67.9 Å². The number of carboxylic acid groups (broad SMARTS) is 1. The lowest BCUT2D eigenvalue weighted by Crippen LogP contribution is -2.54. The summed E-state index contributed by atoms with van der Waals surface area (Å²) in [6, 6.07) is 13.2. The van der Waals surface area contributed by atoms with Crippen LogP contribution in [0.4, 0.5) is 0 Å². The Balaban J connectivity index is 1.95. The van der Waals surface area contributed by atoms with E-state index in [4.69, 9.17) is 22.0 Å². The van der Waals surface area contributed by atoms with Crippen molar-refractivity contribution in [2.75, 3.05) is 6.54 Å². The fourth-order valence-electron chi connectivity index (χ4n) is 3.47. The molecule has 0 aliphatic carbocycles. The fraction of sp³-hybridized carbons (Fsp3) is 0.292. The summed E-state index contributed by atoms with van der Waals surface area (Å²) < 4.78 is 1.60. The Kier molecular flexibility index (Phi) is 7.23. The molecule has 1 aromatic heterocycles. The standard InChI is InChI=1S/C24H24ClN5O4/c1-24(2,3)21(23(34)27-12-18(31)32)28-22(33)19-16-5-4-6-17(25)20(16)30(29-19)13-15-9-7-14(11-26)8-10-15/h4-10,21H,12-13H2,1-3H3,(H,27,34)(H,28,33)(H,31,32)/t21-/m1/s1. The summed E-state index contributed by atoms with van der Waals surface area (Å²) in [5, 5.41) is 28.3. The molecule has 0 spiro atoms. The van der Waals surface area contributed by atoms with E-state index in [0.29, 0.717) is 28.0 Å². The van der Waals surface area contributed by atoms with Crippen molar-refractivity contribution < 1.29 is 19.5 Å². The number of aliphatic carboxylic acids is 1. The summed E-state index contributed by atoms with van der Waals surface area (Å²) in [5.74, 6) is -2.38. The molecule has 0 radical (unpaired) electrons. The third-order valence-corrected chi connectivity index (χ3v) is 5.47. The number of fused-ring (bicyclic) bond motifs is 1. The molecule has 176 valence electrons. The molecule has 1 heterocycles. The largest absolute Gasteiger partial charge is 0.480 e. The number of para-hydroxylation sites is 1. The van der Waals surface area contributed by atoms with E-state index in [2.05, 4.69) is 21.8 Å². The van der Waals surface area contributed by atoms with Crippen molar-refractivity contribution in [1.29, 1.82) is 5.26 Å². The Hall–Kier alpha value is -3.90. The third-order valence-electron chi connectivity index (χ3n) is 5.17. The van der Waals surface area contributed by atoms with Gasteiger partial charge in [-0.3, -0.25) is 19.1 Å². The molecule has 1 atom stereocenters. The molecule has 3 rings (SSSR count). The second kappa shape index (κ2) is 9.93. The first-order chi connectivity index (χ1) is 16.0. The molecule has 10 heteroatoms. The molecule has 0 fully saturated rings. The van der Waals surface area contributed by atoms with Gasteiger partial charge in [0, 0.05) is 5.39 Å². The van der Waals surface area contributed by atoms with Gasteiger partial charge in [-0.1, -0.05) is 56.6 Å². The Morgan fingerprint density at radius 3 is 2.44 bits per heavy atom. The molecule has 3 N–H and O–H groups in total. The van der Waals surface area contributed by atoms with Gasteiger partial charge in [0.15, 0.2) is 5.69 Å². The van der Waals surface area contributed by atoms with Crippen molar-refractivity contribution in [2.24, 2.45) is 5.41 Å². The van der Waals surface area contributed by atoms with E-state index < -0.39 is 35.8 Å². The molecular formula is C24H24ClN5O4. The average Bonchev–Trinajstić information content (AvgIpc) is 3.15. The quantitative estimate of drug-likeness (QED) is 0.474. The Morgan fingerprint density at radius 1 is 1.18 bits per heavy atom. The van der Waals surface area contributed by atoms with Gasteiger partial charge in [0.2, 0.25) is 5.91 Å². The highest BCUT2D eigenvalue weighted by Crippen LogP contribution is 2.28. The van der Waals surface area contributed by atoms with Gasteiger partial charge >= 0.3 is 5.97 Å². The fourth-order valence-corrected chi connectivity index (χ4v) is 3.74. The van der Waals surface area contributed by atoms with E-state index in [-0.39, 0.29) is 5.69 Å².